The van der Waals surface area contributed by atoms with Crippen LogP contribution < -0.4 is 0 Å². The molecule has 0 aromatic carbocycles. The summed E-state index contributed by atoms with van der Waals surface area (Å²) < 4.78 is 0. The van der Waals surface area contributed by atoms with Gasteiger partial charge in [0.15, 0.2) is 5.78 Å². The Morgan fingerprint density at radius 1 is 1.20 bits per heavy atom. The standard InChI is InChI=1S/C22H32O3/c1-4-17(23)19-18(24)12-13-7-8-14-15-6-5-10-21(15,2)11-9-16(14)22(13,3)20(19)25/h12,14-16,19-20,25H,4-11H2,1-3H3/t14-,15-,16+,19?,20?,21-,22-/m0/s1. The number of carbonyl (C=O) groups excluding carboxylic acids is 2. The summed E-state index contributed by atoms with van der Waals surface area (Å²) in [6.45, 7) is 6.41. The van der Waals surface area contributed by atoms with E-state index in [1.807, 2.05) is 0 Å². The van der Waals surface area contributed by atoms with Gasteiger partial charge in [0.05, 0.1) is 6.10 Å². The molecular formula is C22H32O3. The number of ketones is 2. The van der Waals surface area contributed by atoms with E-state index in [9.17, 15) is 14.7 Å². The summed E-state index contributed by atoms with van der Waals surface area (Å²) in [7, 11) is 0. The summed E-state index contributed by atoms with van der Waals surface area (Å²) in [6, 6.07) is 0. The number of hydrogen-bond donors (Lipinski definition) is 1. The minimum absolute atomic E-state index is 0.0994. The van der Waals surface area contributed by atoms with Gasteiger partial charge in [-0.25, -0.2) is 0 Å². The van der Waals surface area contributed by atoms with Crippen LogP contribution in [0.1, 0.15) is 72.1 Å². The molecule has 4 aliphatic carbocycles. The van der Waals surface area contributed by atoms with Gasteiger partial charge in [0, 0.05) is 11.8 Å². The zero-order valence-corrected chi connectivity index (χ0v) is 15.9. The van der Waals surface area contributed by atoms with Crippen molar-refractivity contribution >= 4 is 11.6 Å². The molecule has 1 N–H and O–H groups in total. The van der Waals surface area contributed by atoms with Gasteiger partial charge in [-0.2, -0.15) is 0 Å². The summed E-state index contributed by atoms with van der Waals surface area (Å²) in [5, 5.41) is 11.3. The molecule has 3 nitrogen and oxygen atoms in total. The van der Waals surface area contributed by atoms with Gasteiger partial charge in [0.2, 0.25) is 0 Å². The third-order valence-corrected chi connectivity index (χ3v) is 8.68. The van der Waals surface area contributed by atoms with Gasteiger partial charge in [0.1, 0.15) is 11.7 Å². The predicted molar refractivity (Wildman–Crippen MR) is 96.9 cm³/mol. The average Bonchev–Trinajstić information content (AvgIpc) is 2.98. The molecule has 0 saturated heterocycles. The monoisotopic (exact) mass is 344 g/mol. The molecule has 0 heterocycles. The van der Waals surface area contributed by atoms with Crippen LogP contribution in [-0.4, -0.2) is 22.8 Å². The second-order valence-corrected chi connectivity index (χ2v) is 9.60. The van der Waals surface area contributed by atoms with Crippen molar-refractivity contribution in [2.24, 2.45) is 34.5 Å². The molecule has 4 rings (SSSR count). The fourth-order valence-corrected chi connectivity index (χ4v) is 7.21. The summed E-state index contributed by atoms with van der Waals surface area (Å²) in [5.41, 5.74) is 1.20. The predicted octanol–water partition coefficient (Wildman–Crippen LogP) is 4.08. The first-order chi connectivity index (χ1) is 11.8. The van der Waals surface area contributed by atoms with Crippen molar-refractivity contribution in [2.45, 2.75) is 78.2 Å². The molecule has 0 aliphatic heterocycles. The molecule has 3 fully saturated rings. The first-order valence-electron chi connectivity index (χ1n) is 10.3. The van der Waals surface area contributed by atoms with E-state index in [-0.39, 0.29) is 11.6 Å². The number of carbonyl (C=O) groups is 2. The van der Waals surface area contributed by atoms with Crippen LogP contribution in [0.15, 0.2) is 11.6 Å². The van der Waals surface area contributed by atoms with Crippen LogP contribution in [0, 0.1) is 34.5 Å². The molecule has 2 unspecified atom stereocenters. The van der Waals surface area contributed by atoms with Crippen molar-refractivity contribution < 1.29 is 14.7 Å². The van der Waals surface area contributed by atoms with Crippen LogP contribution in [0.25, 0.3) is 0 Å². The highest BCUT2D eigenvalue weighted by Gasteiger charge is 2.60. The minimum atomic E-state index is -0.842. The molecule has 138 valence electrons. The molecule has 0 spiro atoms. The fraction of sp³-hybridized carbons (Fsp3) is 0.818. The number of fused-ring (bicyclic) bond motifs is 5. The van der Waals surface area contributed by atoms with E-state index in [4.69, 9.17) is 0 Å². The molecule has 0 amide bonds. The van der Waals surface area contributed by atoms with Crippen LogP contribution in [-0.2, 0) is 9.59 Å². The Labute approximate surface area is 151 Å². The van der Waals surface area contributed by atoms with Crippen LogP contribution in [0.5, 0.6) is 0 Å². The molecule has 3 heteroatoms. The second-order valence-electron chi connectivity index (χ2n) is 9.60. The highest BCUT2D eigenvalue weighted by atomic mass is 16.3. The Morgan fingerprint density at radius 3 is 2.68 bits per heavy atom. The van der Waals surface area contributed by atoms with Gasteiger partial charge in [-0.1, -0.05) is 32.8 Å². The van der Waals surface area contributed by atoms with Crippen molar-refractivity contribution in [3.05, 3.63) is 11.6 Å². The maximum absolute atomic E-state index is 12.5. The molecule has 4 aliphatic rings. The van der Waals surface area contributed by atoms with Gasteiger partial charge in [-0.3, -0.25) is 9.59 Å². The summed E-state index contributed by atoms with van der Waals surface area (Å²) in [6.07, 6.45) is 9.65. The normalized spacial score (nSPS) is 49.0. The van der Waals surface area contributed by atoms with E-state index < -0.39 is 17.4 Å². The molecule has 25 heavy (non-hydrogen) atoms. The summed E-state index contributed by atoms with van der Waals surface area (Å²) in [4.78, 5) is 24.9. The lowest BCUT2D eigenvalue weighted by atomic mass is 9.46. The second kappa shape index (κ2) is 5.77. The molecule has 3 saturated carbocycles. The van der Waals surface area contributed by atoms with E-state index in [1.165, 1.54) is 25.7 Å². The molecule has 7 atom stereocenters. The van der Waals surface area contributed by atoms with Crippen molar-refractivity contribution in [1.82, 2.24) is 0 Å². The van der Waals surface area contributed by atoms with Crippen molar-refractivity contribution in [3.8, 4) is 0 Å². The smallest absolute Gasteiger partial charge is 0.168 e. The Hall–Kier alpha value is -0.960. The molecule has 0 radical (unpaired) electrons. The van der Waals surface area contributed by atoms with Crippen LogP contribution in [0.4, 0.5) is 0 Å². The van der Waals surface area contributed by atoms with Crippen molar-refractivity contribution in [1.29, 1.82) is 0 Å². The Kier molecular flexibility index (Phi) is 4.03. The number of Topliss-reactive ketones (excluding diaryl/α,β-unsaturated/α-hetero) is 1. The van der Waals surface area contributed by atoms with Gasteiger partial charge >= 0.3 is 0 Å². The zero-order chi connectivity index (χ0) is 18.0. The van der Waals surface area contributed by atoms with Gasteiger partial charge in [0.25, 0.3) is 0 Å². The first-order valence-corrected chi connectivity index (χ1v) is 10.3. The van der Waals surface area contributed by atoms with Crippen LogP contribution >= 0.6 is 0 Å². The summed E-state index contributed by atoms with van der Waals surface area (Å²) in [5.74, 6) is 0.719. The molecular weight excluding hydrogens is 312 g/mol. The highest BCUT2D eigenvalue weighted by molar-refractivity contribution is 6.09. The van der Waals surface area contributed by atoms with Crippen molar-refractivity contribution in [2.75, 3.05) is 0 Å². The highest BCUT2D eigenvalue weighted by Crippen LogP contribution is 2.65. The fourth-order valence-electron chi connectivity index (χ4n) is 7.21. The SMILES string of the molecule is CCC(=O)C1C(=O)C=C2CC[C@@H]3[C@@H](CC[C@]4(C)CCC[C@@H]34)[C@@]2(C)C1O. The summed E-state index contributed by atoms with van der Waals surface area (Å²) >= 11 is 0. The topological polar surface area (TPSA) is 54.4 Å². The third-order valence-electron chi connectivity index (χ3n) is 8.68. The van der Waals surface area contributed by atoms with Crippen LogP contribution in [0.2, 0.25) is 0 Å². The zero-order valence-electron chi connectivity index (χ0n) is 15.9. The van der Waals surface area contributed by atoms with E-state index in [2.05, 4.69) is 13.8 Å². The van der Waals surface area contributed by atoms with Gasteiger partial charge < -0.3 is 5.11 Å². The Morgan fingerprint density at radius 2 is 1.96 bits per heavy atom. The molecule has 0 aromatic heterocycles. The quantitative estimate of drug-likeness (QED) is 0.768. The van der Waals surface area contributed by atoms with Gasteiger partial charge in [-0.15, -0.1) is 0 Å². The lowest BCUT2D eigenvalue weighted by molar-refractivity contribution is -0.148. The molecule has 0 bridgehead atoms. The minimum Gasteiger partial charge on any atom is -0.391 e. The first kappa shape index (κ1) is 17.5. The number of rotatable bonds is 2. The number of hydrogen-bond acceptors (Lipinski definition) is 3. The average molecular weight is 344 g/mol. The maximum atomic E-state index is 12.5. The van der Waals surface area contributed by atoms with E-state index >= 15 is 0 Å². The van der Waals surface area contributed by atoms with E-state index in [0.717, 1.165) is 30.8 Å². The number of aliphatic hydroxyl groups is 1. The van der Waals surface area contributed by atoms with Crippen molar-refractivity contribution in [3.63, 3.8) is 0 Å². The lowest BCUT2D eigenvalue weighted by Crippen LogP contribution is -2.58. The molecule has 0 aromatic rings. The number of aliphatic hydroxyl groups excluding tert-OH is 1. The van der Waals surface area contributed by atoms with Gasteiger partial charge in [-0.05, 0) is 67.8 Å². The Balaban J connectivity index is 1.73. The largest absolute Gasteiger partial charge is 0.391 e. The lowest BCUT2D eigenvalue weighted by Gasteiger charge is -2.59. The van der Waals surface area contributed by atoms with E-state index in [0.29, 0.717) is 23.7 Å². The van der Waals surface area contributed by atoms with Crippen LogP contribution in [0.3, 0.4) is 0 Å². The Bertz CT molecular complexity index is 635. The maximum Gasteiger partial charge on any atom is 0.168 e. The van der Waals surface area contributed by atoms with E-state index in [1.54, 1.807) is 13.0 Å². The third kappa shape index (κ3) is 2.27.